The molecule has 1 atom stereocenters. The van der Waals surface area contributed by atoms with Crippen LogP contribution in [0.5, 0.6) is 5.75 Å². The molecule has 0 spiro atoms. The minimum Gasteiger partial charge on any atom is -0.479 e. The van der Waals surface area contributed by atoms with E-state index in [1.807, 2.05) is 12.1 Å². The van der Waals surface area contributed by atoms with Gasteiger partial charge >= 0.3 is 5.97 Å². The van der Waals surface area contributed by atoms with Crippen LogP contribution in [0.4, 0.5) is 0 Å². The van der Waals surface area contributed by atoms with Crippen LogP contribution in [0.2, 0.25) is 5.02 Å². The Bertz CT molecular complexity index is 515. The quantitative estimate of drug-likeness (QED) is 0.490. The molecule has 1 aromatic rings. The number of carboxylic acids is 1. The number of hydrogen-bond acceptors (Lipinski definition) is 2. The van der Waals surface area contributed by atoms with Crippen molar-refractivity contribution >= 4 is 30.0 Å². The maximum absolute atomic E-state index is 11.4. The molecule has 0 radical (unpaired) electrons. The van der Waals surface area contributed by atoms with Crippen LogP contribution in [0.3, 0.4) is 0 Å². The number of benzene rings is 1. The summed E-state index contributed by atoms with van der Waals surface area (Å²) in [6, 6.07) is 5.65. The van der Waals surface area contributed by atoms with E-state index in [-0.39, 0.29) is 17.8 Å². The number of ether oxygens (including phenoxy) is 1. The van der Waals surface area contributed by atoms with Gasteiger partial charge in [-0.15, -0.1) is 12.4 Å². The molecule has 0 heterocycles. The van der Waals surface area contributed by atoms with Gasteiger partial charge in [0.15, 0.2) is 6.10 Å². The first kappa shape index (κ1) is 23.1. The molecule has 0 aliphatic heterocycles. The van der Waals surface area contributed by atoms with E-state index in [1.54, 1.807) is 6.07 Å². The van der Waals surface area contributed by atoms with E-state index in [1.165, 1.54) is 0 Å². The topological polar surface area (TPSA) is 46.5 Å². The highest BCUT2D eigenvalue weighted by Gasteiger charge is 2.22. The number of rotatable bonds is 10. The zero-order valence-electron chi connectivity index (χ0n) is 15.1. The molecule has 0 fully saturated rings. The summed E-state index contributed by atoms with van der Waals surface area (Å²) in [5.41, 5.74) is 1.17. The van der Waals surface area contributed by atoms with Gasteiger partial charge in [0.05, 0.1) is 5.02 Å². The first-order valence-corrected chi connectivity index (χ1v) is 8.89. The third-order valence-electron chi connectivity index (χ3n) is 4.46. The molecule has 138 valence electrons. The lowest BCUT2D eigenvalue weighted by Gasteiger charge is -2.24. The van der Waals surface area contributed by atoms with Crippen LogP contribution in [-0.4, -0.2) is 17.2 Å². The normalized spacial score (nSPS) is 12.4. The maximum atomic E-state index is 11.4. The van der Waals surface area contributed by atoms with E-state index in [9.17, 15) is 9.90 Å². The summed E-state index contributed by atoms with van der Waals surface area (Å²) in [6.45, 7) is 8.58. The molecule has 1 unspecified atom stereocenters. The third kappa shape index (κ3) is 6.90. The molecule has 1 N–H and O–H groups in total. The molecule has 0 amide bonds. The fourth-order valence-corrected chi connectivity index (χ4v) is 2.59. The van der Waals surface area contributed by atoms with Crippen LogP contribution in [0.1, 0.15) is 71.8 Å². The summed E-state index contributed by atoms with van der Waals surface area (Å²) in [4.78, 5) is 11.4. The average molecular weight is 377 g/mol. The summed E-state index contributed by atoms with van der Waals surface area (Å²) < 4.78 is 5.66. The lowest BCUT2D eigenvalue weighted by atomic mass is 9.82. The van der Waals surface area contributed by atoms with E-state index < -0.39 is 12.1 Å². The average Bonchev–Trinajstić information content (AvgIpc) is 2.51. The van der Waals surface area contributed by atoms with Crippen molar-refractivity contribution in [3.63, 3.8) is 0 Å². The van der Waals surface area contributed by atoms with Crippen molar-refractivity contribution in [2.24, 2.45) is 0 Å². The summed E-state index contributed by atoms with van der Waals surface area (Å²) in [5, 5.41) is 9.81. The predicted molar refractivity (Wildman–Crippen MR) is 103 cm³/mol. The molecule has 5 heteroatoms. The predicted octanol–water partition coefficient (Wildman–Crippen LogP) is 6.25. The van der Waals surface area contributed by atoms with Crippen molar-refractivity contribution in [3.05, 3.63) is 28.8 Å². The second kappa shape index (κ2) is 10.8. The molecule has 0 aliphatic rings. The van der Waals surface area contributed by atoms with E-state index in [2.05, 4.69) is 27.7 Å². The molecule has 1 rings (SSSR count). The van der Waals surface area contributed by atoms with E-state index in [0.29, 0.717) is 17.2 Å². The van der Waals surface area contributed by atoms with Gasteiger partial charge in [-0.1, -0.05) is 64.6 Å². The van der Waals surface area contributed by atoms with Crippen molar-refractivity contribution in [2.75, 3.05) is 0 Å². The maximum Gasteiger partial charge on any atom is 0.344 e. The Morgan fingerprint density at radius 3 is 2.42 bits per heavy atom. The Morgan fingerprint density at radius 2 is 1.92 bits per heavy atom. The van der Waals surface area contributed by atoms with E-state index in [0.717, 1.165) is 37.7 Å². The van der Waals surface area contributed by atoms with Crippen molar-refractivity contribution in [1.29, 1.82) is 0 Å². The van der Waals surface area contributed by atoms with Crippen molar-refractivity contribution < 1.29 is 14.6 Å². The Kier molecular flexibility index (Phi) is 10.4. The Balaban J connectivity index is 0.00000529. The second-order valence-electron chi connectivity index (χ2n) is 6.68. The van der Waals surface area contributed by atoms with Gasteiger partial charge in [0.1, 0.15) is 5.75 Å². The second-order valence-corrected chi connectivity index (χ2v) is 7.08. The largest absolute Gasteiger partial charge is 0.479 e. The molecule has 24 heavy (non-hydrogen) atoms. The summed E-state index contributed by atoms with van der Waals surface area (Å²) in [5.74, 6) is -0.485. The van der Waals surface area contributed by atoms with E-state index >= 15 is 0 Å². The zero-order valence-corrected chi connectivity index (χ0v) is 16.7. The van der Waals surface area contributed by atoms with Crippen molar-refractivity contribution in [3.8, 4) is 5.75 Å². The van der Waals surface area contributed by atoms with Crippen LogP contribution < -0.4 is 4.74 Å². The number of hydrogen-bond donors (Lipinski definition) is 1. The Morgan fingerprint density at radius 1 is 1.25 bits per heavy atom. The van der Waals surface area contributed by atoms with Gasteiger partial charge in [0.25, 0.3) is 0 Å². The summed E-state index contributed by atoms with van der Waals surface area (Å²) >= 11 is 6.31. The van der Waals surface area contributed by atoms with Crippen LogP contribution >= 0.6 is 24.0 Å². The number of carboxylic acid groups (broad SMARTS) is 1. The SMILES string of the molecule is CCCCCCC(Oc1ccc(C(C)(C)CC)cc1Cl)C(=O)O.Cl. The highest BCUT2D eigenvalue weighted by molar-refractivity contribution is 6.32. The first-order valence-electron chi connectivity index (χ1n) is 8.51. The van der Waals surface area contributed by atoms with Gasteiger partial charge in [-0.2, -0.15) is 0 Å². The Labute approximate surface area is 157 Å². The van der Waals surface area contributed by atoms with Gasteiger partial charge in [-0.3, -0.25) is 0 Å². The standard InChI is InChI=1S/C19H29ClO3.ClH/c1-5-7-8-9-10-17(18(21)22)23-16-12-11-14(13-15(16)20)19(3,4)6-2;/h11-13,17H,5-10H2,1-4H3,(H,21,22);1H. The van der Waals surface area contributed by atoms with Gasteiger partial charge in [0, 0.05) is 0 Å². The van der Waals surface area contributed by atoms with Crippen LogP contribution in [0.15, 0.2) is 18.2 Å². The number of halogens is 2. The third-order valence-corrected chi connectivity index (χ3v) is 4.76. The molecule has 0 saturated heterocycles. The fraction of sp³-hybridized carbons (Fsp3) is 0.632. The molecule has 0 aromatic heterocycles. The summed E-state index contributed by atoms with van der Waals surface area (Å²) in [7, 11) is 0. The molecule has 1 aromatic carbocycles. The molecule has 0 bridgehead atoms. The van der Waals surface area contributed by atoms with Gasteiger partial charge < -0.3 is 9.84 Å². The van der Waals surface area contributed by atoms with Gasteiger partial charge in [0.2, 0.25) is 0 Å². The van der Waals surface area contributed by atoms with Crippen LogP contribution in [-0.2, 0) is 10.2 Å². The van der Waals surface area contributed by atoms with Crippen LogP contribution in [0.25, 0.3) is 0 Å². The smallest absolute Gasteiger partial charge is 0.344 e. The van der Waals surface area contributed by atoms with Crippen LogP contribution in [0, 0.1) is 0 Å². The zero-order chi connectivity index (χ0) is 17.5. The highest BCUT2D eigenvalue weighted by atomic mass is 35.5. The molecular weight excluding hydrogens is 347 g/mol. The molecule has 0 saturated carbocycles. The van der Waals surface area contributed by atoms with Gasteiger partial charge in [-0.25, -0.2) is 4.79 Å². The van der Waals surface area contributed by atoms with E-state index in [4.69, 9.17) is 16.3 Å². The minimum absolute atomic E-state index is 0. The first-order chi connectivity index (χ1) is 10.8. The van der Waals surface area contributed by atoms with Gasteiger partial charge in [-0.05, 0) is 42.4 Å². The molecular formula is C19H30Cl2O3. The monoisotopic (exact) mass is 376 g/mol. The number of aliphatic carboxylic acids is 1. The number of carbonyl (C=O) groups is 1. The summed E-state index contributed by atoms with van der Waals surface area (Å²) in [6.07, 6.45) is 4.79. The number of unbranched alkanes of at least 4 members (excludes halogenated alkanes) is 3. The van der Waals surface area contributed by atoms with Crippen molar-refractivity contribution in [1.82, 2.24) is 0 Å². The molecule has 3 nitrogen and oxygen atoms in total. The lowest BCUT2D eigenvalue weighted by molar-refractivity contribution is -0.145. The minimum atomic E-state index is -0.935. The van der Waals surface area contributed by atoms with Crippen molar-refractivity contribution in [2.45, 2.75) is 77.7 Å². The molecule has 0 aliphatic carbocycles. The Hall–Kier alpha value is -0.930. The fourth-order valence-electron chi connectivity index (χ4n) is 2.36. The highest BCUT2D eigenvalue weighted by Crippen LogP contribution is 2.34. The lowest BCUT2D eigenvalue weighted by Crippen LogP contribution is -2.27.